The Morgan fingerprint density at radius 1 is 1.10 bits per heavy atom. The molecule has 0 saturated heterocycles. The first-order valence-corrected chi connectivity index (χ1v) is 9.91. The highest BCUT2D eigenvalue weighted by molar-refractivity contribution is 5.78. The second-order valence-corrected chi connectivity index (χ2v) is 7.23. The first-order valence-electron chi connectivity index (χ1n) is 9.91. The third-order valence-electron chi connectivity index (χ3n) is 5.00. The van der Waals surface area contributed by atoms with Crippen LogP contribution in [0.4, 0.5) is 5.82 Å². The molecular weight excluding hydrogens is 378 g/mol. The number of pyridine rings is 2. The van der Waals surface area contributed by atoms with Crippen molar-refractivity contribution in [1.82, 2.24) is 15.0 Å². The number of rotatable bonds is 8. The minimum absolute atomic E-state index is 0.0212. The van der Waals surface area contributed by atoms with E-state index in [1.165, 1.54) is 10.2 Å². The average Bonchev–Trinajstić information content (AvgIpc) is 2.73. The van der Waals surface area contributed by atoms with Crippen molar-refractivity contribution in [2.24, 2.45) is 0 Å². The molecule has 4 N–H and O–H groups in total. The molecule has 0 atom stereocenters. The highest BCUT2D eigenvalue weighted by Crippen LogP contribution is 2.08. The maximum atomic E-state index is 12.8. The number of nitrogen functional groups attached to an aromatic ring is 1. The van der Waals surface area contributed by atoms with Crippen LogP contribution in [0.5, 0.6) is 0 Å². The number of nitrogens with two attached hydrogens (primary N) is 1. The molecule has 0 aliphatic heterocycles. The first kappa shape index (κ1) is 21.1. The third kappa shape index (κ3) is 5.47. The second kappa shape index (κ2) is 9.73. The van der Waals surface area contributed by atoms with Gasteiger partial charge in [0.15, 0.2) is 0 Å². The van der Waals surface area contributed by atoms with E-state index < -0.39 is 0 Å². The standard InChI is InChI=1S/C23H27N5O2/c1-16-11-13-28(26-12-10-18-6-4-3-5-7-18)23(30)20(16)14-22(29)25-15-19-8-9-21(24)27-17(19)2/h3-9,11,13,26H,10,12,14-15H2,1-2H3,(H2,24,27)(H,25,29). The Kier molecular flexibility index (Phi) is 6.85. The number of anilines is 1. The number of carbonyl (C=O) groups is 1. The van der Waals surface area contributed by atoms with Crippen molar-refractivity contribution in [3.63, 3.8) is 0 Å². The molecule has 3 rings (SSSR count). The van der Waals surface area contributed by atoms with Crippen molar-refractivity contribution in [1.29, 1.82) is 0 Å². The van der Waals surface area contributed by atoms with Crippen LogP contribution in [0.3, 0.4) is 0 Å². The zero-order valence-corrected chi connectivity index (χ0v) is 17.3. The van der Waals surface area contributed by atoms with Crippen molar-refractivity contribution < 1.29 is 4.79 Å². The maximum Gasteiger partial charge on any atom is 0.272 e. The molecule has 0 fully saturated rings. The summed E-state index contributed by atoms with van der Waals surface area (Å²) >= 11 is 0. The van der Waals surface area contributed by atoms with Crippen LogP contribution >= 0.6 is 0 Å². The van der Waals surface area contributed by atoms with Crippen LogP contribution in [0, 0.1) is 13.8 Å². The Balaban J connectivity index is 1.61. The Morgan fingerprint density at radius 3 is 2.60 bits per heavy atom. The van der Waals surface area contributed by atoms with E-state index in [4.69, 9.17) is 5.73 Å². The summed E-state index contributed by atoms with van der Waals surface area (Å²) < 4.78 is 1.45. The van der Waals surface area contributed by atoms with E-state index in [2.05, 4.69) is 15.7 Å². The lowest BCUT2D eigenvalue weighted by Crippen LogP contribution is -2.35. The van der Waals surface area contributed by atoms with Crippen LogP contribution in [0.25, 0.3) is 0 Å². The van der Waals surface area contributed by atoms with E-state index in [9.17, 15) is 9.59 Å². The molecule has 2 aromatic heterocycles. The number of hydrogen-bond donors (Lipinski definition) is 3. The second-order valence-electron chi connectivity index (χ2n) is 7.23. The van der Waals surface area contributed by atoms with E-state index >= 15 is 0 Å². The van der Waals surface area contributed by atoms with Gasteiger partial charge in [0.1, 0.15) is 5.82 Å². The quantitative estimate of drug-likeness (QED) is 0.533. The molecule has 0 saturated carbocycles. The van der Waals surface area contributed by atoms with E-state index in [-0.39, 0.29) is 17.9 Å². The lowest BCUT2D eigenvalue weighted by atomic mass is 10.1. The fraction of sp³-hybridized carbons (Fsp3) is 0.261. The fourth-order valence-corrected chi connectivity index (χ4v) is 3.19. The molecule has 30 heavy (non-hydrogen) atoms. The molecule has 7 heteroatoms. The lowest BCUT2D eigenvalue weighted by Gasteiger charge is -2.13. The summed E-state index contributed by atoms with van der Waals surface area (Å²) in [5, 5.41) is 2.86. The van der Waals surface area contributed by atoms with Crippen LogP contribution in [-0.4, -0.2) is 22.1 Å². The summed E-state index contributed by atoms with van der Waals surface area (Å²) in [7, 11) is 0. The summed E-state index contributed by atoms with van der Waals surface area (Å²) in [6.45, 7) is 4.64. The molecule has 156 valence electrons. The largest absolute Gasteiger partial charge is 0.384 e. The zero-order valence-electron chi connectivity index (χ0n) is 17.3. The summed E-state index contributed by atoms with van der Waals surface area (Å²) in [6, 6.07) is 15.4. The lowest BCUT2D eigenvalue weighted by molar-refractivity contribution is -0.120. The Bertz CT molecular complexity index is 1080. The van der Waals surface area contributed by atoms with Gasteiger partial charge in [-0.2, -0.15) is 0 Å². The van der Waals surface area contributed by atoms with Gasteiger partial charge >= 0.3 is 0 Å². The van der Waals surface area contributed by atoms with E-state index in [1.54, 1.807) is 12.3 Å². The smallest absolute Gasteiger partial charge is 0.272 e. The van der Waals surface area contributed by atoms with Crippen molar-refractivity contribution in [2.75, 3.05) is 17.7 Å². The van der Waals surface area contributed by atoms with Gasteiger partial charge < -0.3 is 16.5 Å². The van der Waals surface area contributed by atoms with Gasteiger partial charge in [0.25, 0.3) is 5.56 Å². The van der Waals surface area contributed by atoms with E-state index in [0.29, 0.717) is 24.5 Å². The molecule has 0 spiro atoms. The molecule has 7 nitrogen and oxygen atoms in total. The van der Waals surface area contributed by atoms with Gasteiger partial charge in [0.05, 0.1) is 6.42 Å². The molecular formula is C23H27N5O2. The molecule has 1 amide bonds. The monoisotopic (exact) mass is 405 g/mol. The predicted molar refractivity (Wildman–Crippen MR) is 119 cm³/mol. The van der Waals surface area contributed by atoms with Crippen LogP contribution in [0.1, 0.15) is 27.9 Å². The Labute approximate surface area is 175 Å². The summed E-state index contributed by atoms with van der Waals surface area (Å²) in [4.78, 5) is 29.5. The molecule has 3 aromatic rings. The van der Waals surface area contributed by atoms with Gasteiger partial charge in [-0.1, -0.05) is 36.4 Å². The molecule has 0 radical (unpaired) electrons. The molecule has 2 heterocycles. The van der Waals surface area contributed by atoms with Gasteiger partial charge in [-0.15, -0.1) is 0 Å². The maximum absolute atomic E-state index is 12.8. The number of nitrogens with one attached hydrogen (secondary N) is 2. The Morgan fingerprint density at radius 2 is 1.87 bits per heavy atom. The summed E-state index contributed by atoms with van der Waals surface area (Å²) in [6.07, 6.45) is 2.52. The topological polar surface area (TPSA) is 102 Å². The van der Waals surface area contributed by atoms with Gasteiger partial charge in [-0.05, 0) is 49.1 Å². The number of aryl methyl sites for hydroxylation is 2. The van der Waals surface area contributed by atoms with Crippen LogP contribution in [0.2, 0.25) is 0 Å². The normalized spacial score (nSPS) is 10.6. The van der Waals surface area contributed by atoms with E-state index in [0.717, 1.165) is 23.2 Å². The van der Waals surface area contributed by atoms with Gasteiger partial charge in [-0.3, -0.25) is 9.59 Å². The minimum Gasteiger partial charge on any atom is -0.384 e. The number of amides is 1. The number of benzene rings is 1. The van der Waals surface area contributed by atoms with Crippen LogP contribution < -0.4 is 22.0 Å². The van der Waals surface area contributed by atoms with Crippen molar-refractivity contribution in [3.8, 4) is 0 Å². The summed E-state index contributed by atoms with van der Waals surface area (Å²) in [5.41, 5.74) is 12.7. The molecule has 0 bridgehead atoms. The zero-order chi connectivity index (χ0) is 21.5. The molecule has 0 unspecified atom stereocenters. The number of carbonyl (C=O) groups excluding carboxylic acids is 1. The SMILES string of the molecule is Cc1ccn(NCCc2ccccc2)c(=O)c1CC(=O)NCc1ccc(N)nc1C. The molecule has 1 aromatic carbocycles. The van der Waals surface area contributed by atoms with Gasteiger partial charge in [0.2, 0.25) is 5.91 Å². The van der Waals surface area contributed by atoms with Crippen molar-refractivity contribution in [3.05, 3.63) is 93.0 Å². The van der Waals surface area contributed by atoms with Crippen molar-refractivity contribution in [2.45, 2.75) is 33.2 Å². The highest BCUT2D eigenvalue weighted by Gasteiger charge is 2.12. The molecule has 0 aliphatic rings. The fourth-order valence-electron chi connectivity index (χ4n) is 3.19. The van der Waals surface area contributed by atoms with Gasteiger partial charge in [-0.25, -0.2) is 9.66 Å². The average molecular weight is 406 g/mol. The third-order valence-corrected chi connectivity index (χ3v) is 5.00. The predicted octanol–water partition coefficient (Wildman–Crippen LogP) is 2.09. The molecule has 0 aliphatic carbocycles. The van der Waals surface area contributed by atoms with E-state index in [1.807, 2.05) is 56.3 Å². The Hall–Kier alpha value is -3.61. The van der Waals surface area contributed by atoms with Crippen molar-refractivity contribution >= 4 is 11.7 Å². The van der Waals surface area contributed by atoms with Gasteiger partial charge in [0, 0.05) is 30.5 Å². The number of nitrogens with zero attached hydrogens (tertiary/aromatic N) is 2. The van der Waals surface area contributed by atoms with Crippen LogP contribution in [-0.2, 0) is 24.2 Å². The number of aromatic nitrogens is 2. The first-order chi connectivity index (χ1) is 14.4. The summed E-state index contributed by atoms with van der Waals surface area (Å²) in [5.74, 6) is 0.233. The number of hydrogen-bond acceptors (Lipinski definition) is 5. The minimum atomic E-state index is -0.214. The highest BCUT2D eigenvalue weighted by atomic mass is 16.2. The van der Waals surface area contributed by atoms with Crippen LogP contribution in [0.15, 0.2) is 59.5 Å².